The first-order valence-electron chi connectivity index (χ1n) is 3.48. The van der Waals surface area contributed by atoms with Crippen LogP contribution in [0.5, 0.6) is 0 Å². The van der Waals surface area contributed by atoms with E-state index in [4.69, 9.17) is 5.11 Å². The largest absolute Gasteiger partial charge is 0.384 e. The van der Waals surface area contributed by atoms with E-state index in [0.29, 0.717) is 11.8 Å². The van der Waals surface area contributed by atoms with Crippen molar-refractivity contribution >= 4 is 6.29 Å². The van der Waals surface area contributed by atoms with E-state index >= 15 is 0 Å². The third-order valence-electron chi connectivity index (χ3n) is 1.30. The normalized spacial score (nSPS) is 8.77. The summed E-state index contributed by atoms with van der Waals surface area (Å²) < 4.78 is 12.7. The van der Waals surface area contributed by atoms with Gasteiger partial charge in [-0.05, 0) is 6.07 Å². The van der Waals surface area contributed by atoms with Crippen LogP contribution < -0.4 is 0 Å². The Bertz CT molecular complexity index is 379. The van der Waals surface area contributed by atoms with Crippen molar-refractivity contribution in [3.05, 3.63) is 29.3 Å². The first-order chi connectivity index (χ1) is 6.27. The van der Waals surface area contributed by atoms with E-state index in [0.717, 1.165) is 0 Å². The van der Waals surface area contributed by atoms with E-state index < -0.39 is 5.95 Å². The first-order valence-corrected chi connectivity index (χ1v) is 3.48. The minimum Gasteiger partial charge on any atom is -0.384 e. The molecule has 0 atom stereocenters. The molecule has 1 N–H and O–H groups in total. The molecule has 0 saturated carbocycles. The molecule has 0 aliphatic carbocycles. The number of pyridine rings is 1. The molecule has 1 aromatic rings. The number of hydrogen-bond acceptors (Lipinski definition) is 3. The lowest BCUT2D eigenvalue weighted by atomic mass is 10.2. The number of carbonyl (C=O) groups excluding carboxylic acids is 1. The number of aldehydes is 1. The monoisotopic (exact) mass is 179 g/mol. The SMILES string of the molecule is O=Cc1cc(C#CCO)cnc1F. The summed E-state index contributed by atoms with van der Waals surface area (Å²) >= 11 is 0. The number of halogens is 1. The van der Waals surface area contributed by atoms with Gasteiger partial charge in [-0.15, -0.1) is 0 Å². The number of nitrogens with zero attached hydrogens (tertiary/aromatic N) is 1. The van der Waals surface area contributed by atoms with Gasteiger partial charge in [0.15, 0.2) is 6.29 Å². The van der Waals surface area contributed by atoms with Crippen molar-refractivity contribution in [3.63, 3.8) is 0 Å². The Labute approximate surface area is 74.2 Å². The lowest BCUT2D eigenvalue weighted by Gasteiger charge is -1.93. The van der Waals surface area contributed by atoms with Gasteiger partial charge in [0.2, 0.25) is 5.95 Å². The maximum Gasteiger partial charge on any atom is 0.223 e. The van der Waals surface area contributed by atoms with Gasteiger partial charge in [0.1, 0.15) is 6.61 Å². The zero-order valence-electron chi connectivity index (χ0n) is 6.62. The Kier molecular flexibility index (Phi) is 3.12. The molecular weight excluding hydrogens is 173 g/mol. The van der Waals surface area contributed by atoms with Crippen LogP contribution in [0.4, 0.5) is 4.39 Å². The molecule has 66 valence electrons. The summed E-state index contributed by atoms with van der Waals surface area (Å²) in [4.78, 5) is 13.6. The number of hydrogen-bond donors (Lipinski definition) is 1. The van der Waals surface area contributed by atoms with Crippen molar-refractivity contribution in [1.29, 1.82) is 0 Å². The van der Waals surface area contributed by atoms with Gasteiger partial charge in [-0.2, -0.15) is 4.39 Å². The fraction of sp³-hybridized carbons (Fsp3) is 0.111. The van der Waals surface area contributed by atoms with E-state index in [1.807, 2.05) is 0 Å². The molecule has 1 heterocycles. The summed E-state index contributed by atoms with van der Waals surface area (Å²) in [6.45, 7) is -0.284. The highest BCUT2D eigenvalue weighted by Gasteiger charge is 2.01. The van der Waals surface area contributed by atoms with Crippen LogP contribution in [-0.4, -0.2) is 23.0 Å². The van der Waals surface area contributed by atoms with Crippen LogP contribution in [0.25, 0.3) is 0 Å². The van der Waals surface area contributed by atoms with Crippen LogP contribution in [0.1, 0.15) is 15.9 Å². The molecule has 1 rings (SSSR count). The molecule has 0 amide bonds. The number of carbonyl (C=O) groups is 1. The first kappa shape index (κ1) is 9.36. The van der Waals surface area contributed by atoms with Crippen LogP contribution >= 0.6 is 0 Å². The quantitative estimate of drug-likeness (QED) is 0.385. The molecule has 0 aliphatic heterocycles. The Morgan fingerprint density at radius 2 is 2.46 bits per heavy atom. The predicted molar refractivity (Wildman–Crippen MR) is 43.5 cm³/mol. The second kappa shape index (κ2) is 4.33. The van der Waals surface area contributed by atoms with Crippen LogP contribution in [0, 0.1) is 17.8 Å². The molecule has 0 radical (unpaired) electrons. The summed E-state index contributed by atoms with van der Waals surface area (Å²) in [6, 6.07) is 1.28. The molecule has 0 fully saturated rings. The van der Waals surface area contributed by atoms with E-state index in [2.05, 4.69) is 16.8 Å². The van der Waals surface area contributed by atoms with Crippen LogP contribution in [0.3, 0.4) is 0 Å². The van der Waals surface area contributed by atoms with Gasteiger partial charge in [-0.25, -0.2) is 4.98 Å². The lowest BCUT2D eigenvalue weighted by molar-refractivity contribution is 0.111. The summed E-state index contributed by atoms with van der Waals surface area (Å²) in [5.41, 5.74) is 0.266. The predicted octanol–water partition coefficient (Wildman–Crippen LogP) is 0.377. The topological polar surface area (TPSA) is 50.2 Å². The maximum absolute atomic E-state index is 12.7. The zero-order valence-corrected chi connectivity index (χ0v) is 6.62. The van der Waals surface area contributed by atoms with Crippen LogP contribution in [-0.2, 0) is 0 Å². The minimum absolute atomic E-state index is 0.135. The minimum atomic E-state index is -0.815. The fourth-order valence-electron chi connectivity index (χ4n) is 0.758. The Morgan fingerprint density at radius 1 is 1.69 bits per heavy atom. The zero-order chi connectivity index (χ0) is 9.68. The smallest absolute Gasteiger partial charge is 0.223 e. The summed E-state index contributed by atoms with van der Waals surface area (Å²) in [6.07, 6.45) is 1.57. The van der Waals surface area contributed by atoms with E-state index in [1.54, 1.807) is 0 Å². The van der Waals surface area contributed by atoms with Crippen LogP contribution in [0.2, 0.25) is 0 Å². The summed E-state index contributed by atoms with van der Waals surface area (Å²) in [7, 11) is 0. The van der Waals surface area contributed by atoms with Gasteiger partial charge < -0.3 is 5.11 Å². The number of aliphatic hydroxyl groups excluding tert-OH is 1. The molecule has 0 unspecified atom stereocenters. The van der Waals surface area contributed by atoms with Gasteiger partial charge >= 0.3 is 0 Å². The second-order valence-corrected chi connectivity index (χ2v) is 2.18. The molecule has 3 nitrogen and oxygen atoms in total. The molecule has 0 saturated heterocycles. The van der Waals surface area contributed by atoms with Gasteiger partial charge in [-0.1, -0.05) is 11.8 Å². The summed E-state index contributed by atoms with van der Waals surface area (Å²) in [5.74, 6) is 4.06. The van der Waals surface area contributed by atoms with E-state index in [-0.39, 0.29) is 12.2 Å². The van der Waals surface area contributed by atoms with Crippen LogP contribution in [0.15, 0.2) is 12.3 Å². The molecule has 13 heavy (non-hydrogen) atoms. The van der Waals surface area contributed by atoms with Gasteiger partial charge in [0.25, 0.3) is 0 Å². The number of aromatic nitrogens is 1. The maximum atomic E-state index is 12.7. The van der Waals surface area contributed by atoms with Gasteiger partial charge in [-0.3, -0.25) is 4.79 Å². The van der Waals surface area contributed by atoms with Crippen molar-refractivity contribution < 1.29 is 14.3 Å². The molecule has 0 spiro atoms. The lowest BCUT2D eigenvalue weighted by Crippen LogP contribution is -1.93. The van der Waals surface area contributed by atoms with Crippen molar-refractivity contribution in [1.82, 2.24) is 4.98 Å². The number of aliphatic hydroxyl groups is 1. The average molecular weight is 179 g/mol. The Hall–Kier alpha value is -1.73. The van der Waals surface area contributed by atoms with Gasteiger partial charge in [0, 0.05) is 11.8 Å². The Morgan fingerprint density at radius 3 is 3.08 bits per heavy atom. The molecule has 1 aromatic heterocycles. The Balaban J connectivity index is 3.06. The summed E-state index contributed by atoms with van der Waals surface area (Å²) in [5, 5.41) is 8.37. The average Bonchev–Trinajstić information content (AvgIpc) is 2.16. The second-order valence-electron chi connectivity index (χ2n) is 2.18. The third-order valence-corrected chi connectivity index (χ3v) is 1.30. The van der Waals surface area contributed by atoms with Crippen molar-refractivity contribution in [2.24, 2.45) is 0 Å². The molecule has 4 heteroatoms. The standard InChI is InChI=1S/C9H6FNO2/c10-9-8(6-13)4-7(5-11-9)2-1-3-12/h4-6,12H,3H2. The van der Waals surface area contributed by atoms with Crippen molar-refractivity contribution in [3.8, 4) is 11.8 Å². The molecule has 0 bridgehead atoms. The highest BCUT2D eigenvalue weighted by molar-refractivity contribution is 5.75. The fourth-order valence-corrected chi connectivity index (χ4v) is 0.758. The van der Waals surface area contributed by atoms with E-state index in [9.17, 15) is 9.18 Å². The highest BCUT2D eigenvalue weighted by Crippen LogP contribution is 2.03. The van der Waals surface area contributed by atoms with Crippen molar-refractivity contribution in [2.45, 2.75) is 0 Å². The third kappa shape index (κ3) is 2.36. The molecular formula is C9H6FNO2. The highest BCUT2D eigenvalue weighted by atomic mass is 19.1. The van der Waals surface area contributed by atoms with Gasteiger partial charge in [0.05, 0.1) is 5.56 Å². The molecule has 0 aromatic carbocycles. The van der Waals surface area contributed by atoms with E-state index in [1.165, 1.54) is 12.3 Å². The molecule has 0 aliphatic rings. The van der Waals surface area contributed by atoms with Crippen molar-refractivity contribution in [2.75, 3.05) is 6.61 Å². The number of rotatable bonds is 1.